The molecule has 0 unspecified atom stereocenters. The Morgan fingerprint density at radius 1 is 1.42 bits per heavy atom. The van der Waals surface area contributed by atoms with Gasteiger partial charge in [0.2, 0.25) is 10.0 Å². The first-order chi connectivity index (χ1) is 8.84. The molecule has 1 N–H and O–H groups in total. The Labute approximate surface area is 112 Å². The van der Waals surface area contributed by atoms with E-state index in [2.05, 4.69) is 0 Å². The lowest BCUT2D eigenvalue weighted by Crippen LogP contribution is -2.28. The number of hydrogen-bond donors (Lipinski definition) is 1. The number of benzene rings is 1. The number of methoxy groups -OCH3 is 1. The van der Waals surface area contributed by atoms with Crippen molar-refractivity contribution in [3.05, 3.63) is 23.8 Å². The van der Waals surface area contributed by atoms with Crippen LogP contribution in [0.3, 0.4) is 0 Å². The molecule has 0 aromatic heterocycles. The van der Waals surface area contributed by atoms with Crippen molar-refractivity contribution in [2.75, 3.05) is 20.7 Å². The minimum Gasteiger partial charge on any atom is -0.495 e. The van der Waals surface area contributed by atoms with E-state index >= 15 is 0 Å². The highest BCUT2D eigenvalue weighted by atomic mass is 32.2. The van der Waals surface area contributed by atoms with Crippen molar-refractivity contribution in [2.24, 2.45) is 0 Å². The average Bonchev–Trinajstić information content (AvgIpc) is 2.38. The SMILES string of the molecule is CCCN(C)S(=O)(=O)c1cc(C(=O)O)ccc1OC. The first-order valence-corrected chi connectivity index (χ1v) is 7.16. The molecule has 0 radical (unpaired) electrons. The molecular weight excluding hydrogens is 270 g/mol. The Morgan fingerprint density at radius 2 is 2.05 bits per heavy atom. The van der Waals surface area contributed by atoms with E-state index in [1.54, 1.807) is 0 Å². The molecule has 0 atom stereocenters. The van der Waals surface area contributed by atoms with Gasteiger partial charge in [0.25, 0.3) is 0 Å². The Morgan fingerprint density at radius 3 is 2.53 bits per heavy atom. The summed E-state index contributed by atoms with van der Waals surface area (Å²) in [6.45, 7) is 2.21. The van der Waals surface area contributed by atoms with Gasteiger partial charge in [0, 0.05) is 13.6 Å². The molecule has 0 saturated heterocycles. The highest BCUT2D eigenvalue weighted by Gasteiger charge is 2.25. The second-order valence-electron chi connectivity index (χ2n) is 4.00. The molecule has 0 aliphatic carbocycles. The maximum Gasteiger partial charge on any atom is 0.335 e. The van der Waals surface area contributed by atoms with Crippen LogP contribution in [-0.2, 0) is 10.0 Å². The third-order valence-corrected chi connectivity index (χ3v) is 4.52. The lowest BCUT2D eigenvalue weighted by atomic mass is 10.2. The summed E-state index contributed by atoms with van der Waals surface area (Å²) in [7, 11) is -0.963. The molecule has 1 aromatic rings. The summed E-state index contributed by atoms with van der Waals surface area (Å²) >= 11 is 0. The molecule has 6 nitrogen and oxygen atoms in total. The van der Waals surface area contributed by atoms with Crippen LogP contribution >= 0.6 is 0 Å². The van der Waals surface area contributed by atoms with Crippen molar-refractivity contribution in [1.82, 2.24) is 4.31 Å². The van der Waals surface area contributed by atoms with Crippen LogP contribution in [0.15, 0.2) is 23.1 Å². The van der Waals surface area contributed by atoms with E-state index in [1.165, 1.54) is 30.6 Å². The largest absolute Gasteiger partial charge is 0.495 e. The minimum atomic E-state index is -3.75. The van der Waals surface area contributed by atoms with Crippen molar-refractivity contribution in [1.29, 1.82) is 0 Å². The second kappa shape index (κ2) is 6.03. The molecule has 7 heteroatoms. The average molecular weight is 287 g/mol. The number of ether oxygens (including phenoxy) is 1. The zero-order chi connectivity index (χ0) is 14.6. The van der Waals surface area contributed by atoms with Crippen LogP contribution < -0.4 is 4.74 Å². The Bertz CT molecular complexity index is 567. The number of rotatable bonds is 6. The smallest absolute Gasteiger partial charge is 0.335 e. The van der Waals surface area contributed by atoms with E-state index in [0.29, 0.717) is 13.0 Å². The quantitative estimate of drug-likeness (QED) is 0.855. The standard InChI is InChI=1S/C12H17NO5S/c1-4-7-13(2)19(16,17)11-8-9(12(14)15)5-6-10(11)18-3/h5-6,8H,4,7H2,1-3H3,(H,14,15). The topological polar surface area (TPSA) is 83.9 Å². The summed E-state index contributed by atoms with van der Waals surface area (Å²) < 4.78 is 30.8. The van der Waals surface area contributed by atoms with Gasteiger partial charge in [0.15, 0.2) is 0 Å². The Kier molecular flexibility index (Phi) is 4.90. The minimum absolute atomic E-state index is 0.0933. The molecule has 1 rings (SSSR count). The molecule has 0 fully saturated rings. The van der Waals surface area contributed by atoms with Crippen LogP contribution in [0, 0.1) is 0 Å². The molecule has 0 amide bonds. The van der Waals surface area contributed by atoms with Gasteiger partial charge in [0.1, 0.15) is 10.6 Å². The van der Waals surface area contributed by atoms with Gasteiger partial charge in [0.05, 0.1) is 12.7 Å². The monoisotopic (exact) mass is 287 g/mol. The summed E-state index contributed by atoms with van der Waals surface area (Å²) in [4.78, 5) is 10.8. The van der Waals surface area contributed by atoms with E-state index in [1.807, 2.05) is 6.92 Å². The third-order valence-electron chi connectivity index (χ3n) is 2.64. The molecular formula is C12H17NO5S. The first kappa shape index (κ1) is 15.5. The molecule has 0 spiro atoms. The van der Waals surface area contributed by atoms with Crippen molar-refractivity contribution < 1.29 is 23.1 Å². The van der Waals surface area contributed by atoms with Gasteiger partial charge in [-0.1, -0.05) is 6.92 Å². The predicted molar refractivity (Wildman–Crippen MR) is 70.1 cm³/mol. The second-order valence-corrected chi connectivity index (χ2v) is 6.01. The maximum absolute atomic E-state index is 12.3. The lowest BCUT2D eigenvalue weighted by Gasteiger charge is -2.18. The molecule has 0 heterocycles. The fraction of sp³-hybridized carbons (Fsp3) is 0.417. The van der Waals surface area contributed by atoms with E-state index in [9.17, 15) is 13.2 Å². The van der Waals surface area contributed by atoms with Crippen molar-refractivity contribution >= 4 is 16.0 Å². The molecule has 0 bridgehead atoms. The summed E-state index contributed by atoms with van der Waals surface area (Å²) in [5, 5.41) is 8.93. The summed E-state index contributed by atoms with van der Waals surface area (Å²) in [6.07, 6.45) is 0.663. The van der Waals surface area contributed by atoms with Crippen LogP contribution in [-0.4, -0.2) is 44.5 Å². The van der Waals surface area contributed by atoms with Crippen LogP contribution in [0.5, 0.6) is 5.75 Å². The number of hydrogen-bond acceptors (Lipinski definition) is 4. The Hall–Kier alpha value is -1.60. The van der Waals surface area contributed by atoms with Gasteiger partial charge in [-0.2, -0.15) is 0 Å². The van der Waals surface area contributed by atoms with E-state index in [0.717, 1.165) is 6.07 Å². The van der Waals surface area contributed by atoms with Gasteiger partial charge < -0.3 is 9.84 Å². The van der Waals surface area contributed by atoms with Crippen molar-refractivity contribution in [2.45, 2.75) is 18.2 Å². The number of carbonyl (C=O) groups is 1. The van der Waals surface area contributed by atoms with E-state index < -0.39 is 16.0 Å². The van der Waals surface area contributed by atoms with Gasteiger partial charge in [-0.3, -0.25) is 0 Å². The number of sulfonamides is 1. The number of carboxylic acid groups (broad SMARTS) is 1. The highest BCUT2D eigenvalue weighted by molar-refractivity contribution is 7.89. The molecule has 19 heavy (non-hydrogen) atoms. The van der Waals surface area contributed by atoms with Crippen LogP contribution in [0.4, 0.5) is 0 Å². The lowest BCUT2D eigenvalue weighted by molar-refractivity contribution is 0.0696. The van der Waals surface area contributed by atoms with Gasteiger partial charge in [-0.15, -0.1) is 0 Å². The van der Waals surface area contributed by atoms with Crippen LogP contribution in [0.1, 0.15) is 23.7 Å². The number of nitrogens with zero attached hydrogens (tertiary/aromatic N) is 1. The van der Waals surface area contributed by atoms with Gasteiger partial charge >= 0.3 is 5.97 Å². The first-order valence-electron chi connectivity index (χ1n) is 5.72. The molecule has 1 aromatic carbocycles. The Balaban J connectivity index is 3.38. The number of carboxylic acids is 1. The van der Waals surface area contributed by atoms with Crippen molar-refractivity contribution in [3.63, 3.8) is 0 Å². The molecule has 0 saturated carbocycles. The van der Waals surface area contributed by atoms with Crippen molar-refractivity contribution in [3.8, 4) is 5.75 Å². The van der Waals surface area contributed by atoms with Gasteiger partial charge in [-0.25, -0.2) is 17.5 Å². The summed E-state index contributed by atoms with van der Waals surface area (Å²) in [5.74, 6) is -1.05. The fourth-order valence-electron chi connectivity index (χ4n) is 1.61. The maximum atomic E-state index is 12.3. The van der Waals surface area contributed by atoms with E-state index in [-0.39, 0.29) is 16.2 Å². The predicted octanol–water partition coefficient (Wildman–Crippen LogP) is 1.42. The summed E-state index contributed by atoms with van der Waals surface area (Å²) in [6, 6.07) is 3.76. The zero-order valence-electron chi connectivity index (χ0n) is 11.1. The summed E-state index contributed by atoms with van der Waals surface area (Å²) in [5.41, 5.74) is -0.0933. The van der Waals surface area contributed by atoms with Gasteiger partial charge in [-0.05, 0) is 24.6 Å². The van der Waals surface area contributed by atoms with Crippen LogP contribution in [0.25, 0.3) is 0 Å². The van der Waals surface area contributed by atoms with E-state index in [4.69, 9.17) is 9.84 Å². The normalized spacial score (nSPS) is 11.6. The molecule has 0 aliphatic rings. The third kappa shape index (κ3) is 3.24. The number of aromatic carboxylic acids is 1. The van der Waals surface area contributed by atoms with Crippen LogP contribution in [0.2, 0.25) is 0 Å². The fourth-order valence-corrected chi connectivity index (χ4v) is 3.05. The zero-order valence-corrected chi connectivity index (χ0v) is 11.9. The molecule has 0 aliphatic heterocycles. The molecule has 106 valence electrons. The highest BCUT2D eigenvalue weighted by Crippen LogP contribution is 2.27.